The summed E-state index contributed by atoms with van der Waals surface area (Å²) in [6, 6.07) is 24.2. The van der Waals surface area contributed by atoms with Gasteiger partial charge in [-0.25, -0.2) is 0 Å². The number of benzene rings is 3. The lowest BCUT2D eigenvalue weighted by atomic mass is 10.0. The van der Waals surface area contributed by atoms with Gasteiger partial charge >= 0.3 is 0 Å². The minimum absolute atomic E-state index is 1.19. The van der Waals surface area contributed by atoms with E-state index in [-0.39, 0.29) is 0 Å². The van der Waals surface area contributed by atoms with Crippen molar-refractivity contribution >= 4 is 33.4 Å². The summed E-state index contributed by atoms with van der Waals surface area (Å²) in [5.41, 5.74) is 2.96. The highest BCUT2D eigenvalue weighted by Gasteiger charge is 2.00. The van der Waals surface area contributed by atoms with Gasteiger partial charge in [0.05, 0.1) is 0 Å². The molecule has 0 heterocycles. The predicted molar refractivity (Wildman–Crippen MR) is 104 cm³/mol. The first-order valence-corrected chi connectivity index (χ1v) is 9.12. The van der Waals surface area contributed by atoms with Crippen LogP contribution in [0.5, 0.6) is 0 Å². The molecule has 0 atom stereocenters. The van der Waals surface area contributed by atoms with E-state index < -0.39 is 0 Å². The Hall–Kier alpha value is -1.35. The van der Waals surface area contributed by atoms with Crippen molar-refractivity contribution in [3.8, 4) is 0 Å². The Morgan fingerprint density at radius 1 is 0.636 bits per heavy atom. The van der Waals surface area contributed by atoms with Gasteiger partial charge in [-0.3, -0.25) is 0 Å². The second kappa shape index (κ2) is 7.77. The lowest BCUT2D eigenvalue weighted by Gasteiger charge is -2.06. The molecule has 0 aliphatic carbocycles. The zero-order valence-corrected chi connectivity index (χ0v) is 14.9. The van der Waals surface area contributed by atoms with Gasteiger partial charge in [-0.2, -0.15) is 0 Å². The van der Waals surface area contributed by atoms with E-state index in [1.165, 1.54) is 57.6 Å². The van der Waals surface area contributed by atoms with Crippen LogP contribution in [-0.4, -0.2) is 0 Å². The number of halogens is 1. The third kappa shape index (κ3) is 4.10. The Kier molecular flexibility index (Phi) is 5.49. The fraction of sp³-hybridized carbons (Fsp3) is 0.238. The fourth-order valence-corrected chi connectivity index (χ4v) is 3.57. The second-order valence-electron chi connectivity index (χ2n) is 5.83. The molecule has 22 heavy (non-hydrogen) atoms. The first kappa shape index (κ1) is 15.5. The van der Waals surface area contributed by atoms with Gasteiger partial charge in [-0.05, 0) is 76.2 Å². The Balaban J connectivity index is 1.47. The minimum atomic E-state index is 1.19. The van der Waals surface area contributed by atoms with Crippen molar-refractivity contribution in [1.82, 2.24) is 0 Å². The van der Waals surface area contributed by atoms with E-state index in [0.717, 1.165) is 0 Å². The van der Waals surface area contributed by atoms with Gasteiger partial charge in [-0.15, -0.1) is 0 Å². The van der Waals surface area contributed by atoms with E-state index in [4.69, 9.17) is 0 Å². The molecule has 0 aliphatic rings. The van der Waals surface area contributed by atoms with Crippen molar-refractivity contribution in [3.63, 3.8) is 0 Å². The summed E-state index contributed by atoms with van der Waals surface area (Å²) in [5, 5.41) is 2.70. The third-order valence-electron chi connectivity index (χ3n) is 4.18. The van der Waals surface area contributed by atoms with Crippen LogP contribution in [0.1, 0.15) is 30.4 Å². The molecule has 0 aromatic heterocycles. The number of hydrogen-bond donors (Lipinski definition) is 0. The normalized spacial score (nSPS) is 11.0. The molecule has 0 N–H and O–H groups in total. The SMILES string of the molecule is Ic1ccccc1CCCCCc1ccc2ccccc2c1. The smallest absolute Gasteiger partial charge is 0.0162 e. The maximum absolute atomic E-state index is 2.44. The van der Waals surface area contributed by atoms with Gasteiger partial charge in [-0.1, -0.05) is 67.1 Å². The summed E-state index contributed by atoms with van der Waals surface area (Å²) in [7, 11) is 0. The van der Waals surface area contributed by atoms with Crippen molar-refractivity contribution in [3.05, 3.63) is 81.4 Å². The molecule has 0 radical (unpaired) electrons. The van der Waals surface area contributed by atoms with Crippen LogP contribution in [-0.2, 0) is 12.8 Å². The molecule has 0 spiro atoms. The summed E-state index contributed by atoms with van der Waals surface area (Å²) in [5.74, 6) is 0. The zero-order valence-electron chi connectivity index (χ0n) is 12.8. The molecule has 1 heteroatoms. The minimum Gasteiger partial charge on any atom is -0.0619 e. The molecule has 0 saturated carbocycles. The summed E-state index contributed by atoms with van der Waals surface area (Å²) in [6.45, 7) is 0. The van der Waals surface area contributed by atoms with E-state index in [0.29, 0.717) is 0 Å². The van der Waals surface area contributed by atoms with Gasteiger partial charge in [0.25, 0.3) is 0 Å². The molecule has 0 unspecified atom stereocenters. The third-order valence-corrected chi connectivity index (χ3v) is 5.24. The van der Waals surface area contributed by atoms with Crippen LogP contribution in [0.25, 0.3) is 10.8 Å². The molecule has 0 nitrogen and oxygen atoms in total. The van der Waals surface area contributed by atoms with Crippen molar-refractivity contribution in [1.29, 1.82) is 0 Å². The molecule has 3 aromatic rings. The Bertz CT molecular complexity index is 745. The van der Waals surface area contributed by atoms with Gasteiger partial charge < -0.3 is 0 Å². The number of unbranched alkanes of at least 4 members (excludes halogenated alkanes) is 2. The number of aryl methyl sites for hydroxylation is 2. The molecule has 0 saturated heterocycles. The predicted octanol–water partition coefficient (Wildman–Crippen LogP) is 6.40. The van der Waals surface area contributed by atoms with Crippen LogP contribution in [0.2, 0.25) is 0 Å². The molecule has 112 valence electrons. The quantitative estimate of drug-likeness (QED) is 0.332. The van der Waals surface area contributed by atoms with E-state index in [2.05, 4.69) is 89.3 Å². The van der Waals surface area contributed by atoms with Gasteiger partial charge in [0, 0.05) is 3.57 Å². The fourth-order valence-electron chi connectivity index (χ4n) is 2.92. The number of rotatable bonds is 6. The largest absolute Gasteiger partial charge is 0.0619 e. The second-order valence-corrected chi connectivity index (χ2v) is 7.00. The number of fused-ring (bicyclic) bond motifs is 1. The van der Waals surface area contributed by atoms with Crippen LogP contribution < -0.4 is 0 Å². The van der Waals surface area contributed by atoms with Gasteiger partial charge in [0.1, 0.15) is 0 Å². The van der Waals surface area contributed by atoms with Crippen LogP contribution in [0.4, 0.5) is 0 Å². The number of hydrogen-bond acceptors (Lipinski definition) is 0. The maximum atomic E-state index is 2.44. The Morgan fingerprint density at radius 2 is 1.36 bits per heavy atom. The summed E-state index contributed by atoms with van der Waals surface area (Å²) < 4.78 is 1.40. The maximum Gasteiger partial charge on any atom is 0.0162 e. The highest BCUT2D eigenvalue weighted by atomic mass is 127. The molecule has 0 amide bonds. The van der Waals surface area contributed by atoms with Crippen LogP contribution >= 0.6 is 22.6 Å². The molecular formula is C21H21I. The summed E-state index contributed by atoms with van der Waals surface area (Å²) in [6.07, 6.45) is 6.26. The molecule has 3 aromatic carbocycles. The molecule has 3 rings (SSSR count). The monoisotopic (exact) mass is 400 g/mol. The molecule has 0 aliphatic heterocycles. The lowest BCUT2D eigenvalue weighted by Crippen LogP contribution is -1.91. The van der Waals surface area contributed by atoms with Crippen LogP contribution in [0, 0.1) is 3.57 Å². The Morgan fingerprint density at radius 3 is 2.23 bits per heavy atom. The van der Waals surface area contributed by atoms with Crippen LogP contribution in [0.3, 0.4) is 0 Å². The van der Waals surface area contributed by atoms with Crippen molar-refractivity contribution in [2.24, 2.45) is 0 Å². The highest BCUT2D eigenvalue weighted by molar-refractivity contribution is 14.1. The summed E-state index contributed by atoms with van der Waals surface area (Å²) >= 11 is 2.44. The first-order chi connectivity index (χ1) is 10.8. The summed E-state index contributed by atoms with van der Waals surface area (Å²) in [4.78, 5) is 0. The lowest BCUT2D eigenvalue weighted by molar-refractivity contribution is 0.678. The molecular weight excluding hydrogens is 379 g/mol. The van der Waals surface area contributed by atoms with Crippen molar-refractivity contribution in [2.75, 3.05) is 0 Å². The highest BCUT2D eigenvalue weighted by Crippen LogP contribution is 2.18. The van der Waals surface area contributed by atoms with Crippen molar-refractivity contribution in [2.45, 2.75) is 32.1 Å². The topological polar surface area (TPSA) is 0 Å². The zero-order chi connectivity index (χ0) is 15.2. The average Bonchev–Trinajstić information content (AvgIpc) is 2.56. The van der Waals surface area contributed by atoms with Gasteiger partial charge in [0.2, 0.25) is 0 Å². The van der Waals surface area contributed by atoms with E-state index in [1.807, 2.05) is 0 Å². The average molecular weight is 400 g/mol. The standard InChI is InChI=1S/C21H21I/c22-21-13-7-6-11-19(21)10-3-1-2-8-17-14-15-18-9-4-5-12-20(18)16-17/h4-7,9,11-16H,1-3,8,10H2. The first-order valence-electron chi connectivity index (χ1n) is 8.04. The van der Waals surface area contributed by atoms with E-state index >= 15 is 0 Å². The van der Waals surface area contributed by atoms with Gasteiger partial charge in [0.15, 0.2) is 0 Å². The molecule has 0 bridgehead atoms. The molecule has 0 fully saturated rings. The van der Waals surface area contributed by atoms with Crippen LogP contribution in [0.15, 0.2) is 66.7 Å². The Labute approximate surface area is 146 Å². The van der Waals surface area contributed by atoms with Crippen molar-refractivity contribution < 1.29 is 0 Å². The van der Waals surface area contributed by atoms with E-state index in [1.54, 1.807) is 0 Å². The van der Waals surface area contributed by atoms with E-state index in [9.17, 15) is 0 Å².